The maximum Gasteiger partial charge on any atom is 0.272 e. The number of thiophene rings is 1. The number of anilines is 2. The van der Waals surface area contributed by atoms with Crippen molar-refractivity contribution in [2.24, 2.45) is 0 Å². The summed E-state index contributed by atoms with van der Waals surface area (Å²) < 4.78 is 26.4. The lowest BCUT2D eigenvalue weighted by Crippen LogP contribution is -2.12. The molecule has 90 valence electrons. The average Bonchev–Trinajstić information content (AvgIpc) is 2.65. The van der Waals surface area contributed by atoms with Crippen LogP contribution in [-0.4, -0.2) is 13.4 Å². The zero-order chi connectivity index (χ0) is 12.5. The Labute approximate surface area is 103 Å². The van der Waals surface area contributed by atoms with Crippen LogP contribution in [-0.2, 0) is 10.0 Å². The molecule has 0 spiro atoms. The molecule has 0 unspecified atom stereocenters. The summed E-state index contributed by atoms with van der Waals surface area (Å²) in [4.78, 5) is 4.07. The van der Waals surface area contributed by atoms with E-state index in [4.69, 9.17) is 5.73 Å². The Hall–Kier alpha value is -1.60. The Morgan fingerprint density at radius 2 is 2.18 bits per heavy atom. The molecule has 0 amide bonds. The molecular weight excluding hydrogens is 258 g/mol. The number of nitrogens with zero attached hydrogens (tertiary/aromatic N) is 1. The number of nitrogens with one attached hydrogen (secondary N) is 1. The van der Waals surface area contributed by atoms with Gasteiger partial charge < -0.3 is 5.73 Å². The molecule has 0 radical (unpaired) electrons. The van der Waals surface area contributed by atoms with Gasteiger partial charge in [0.15, 0.2) is 0 Å². The van der Waals surface area contributed by atoms with Crippen LogP contribution in [0.2, 0.25) is 0 Å². The summed E-state index contributed by atoms with van der Waals surface area (Å²) in [6, 6.07) is 6.55. The normalized spacial score (nSPS) is 11.4. The van der Waals surface area contributed by atoms with E-state index in [1.807, 2.05) is 0 Å². The molecule has 2 heterocycles. The number of aromatic nitrogens is 1. The molecule has 0 fully saturated rings. The first-order valence-corrected chi connectivity index (χ1v) is 7.14. The molecule has 0 saturated carbocycles. The molecule has 0 aliphatic heterocycles. The molecule has 0 bridgehead atoms. The van der Waals surface area contributed by atoms with Crippen molar-refractivity contribution < 1.29 is 8.42 Å². The van der Waals surface area contributed by atoms with Crippen LogP contribution >= 0.6 is 11.3 Å². The second-order valence-electron chi connectivity index (χ2n) is 3.47. The van der Waals surface area contributed by atoms with Gasteiger partial charge in [0, 0.05) is 16.8 Å². The highest BCUT2D eigenvalue weighted by molar-refractivity contribution is 7.94. The molecule has 2 rings (SSSR count). The predicted molar refractivity (Wildman–Crippen MR) is 68.5 cm³/mol. The van der Waals surface area contributed by atoms with Crippen LogP contribution in [0.15, 0.2) is 33.9 Å². The number of nitrogens with two attached hydrogens (primary N) is 1. The van der Waals surface area contributed by atoms with Gasteiger partial charge in [-0.25, -0.2) is 13.4 Å². The van der Waals surface area contributed by atoms with E-state index in [0.29, 0.717) is 11.5 Å². The van der Waals surface area contributed by atoms with Gasteiger partial charge in [0.25, 0.3) is 10.0 Å². The van der Waals surface area contributed by atoms with Crippen LogP contribution in [0.1, 0.15) is 5.69 Å². The molecule has 7 heteroatoms. The first-order chi connectivity index (χ1) is 7.97. The van der Waals surface area contributed by atoms with Crippen LogP contribution in [0.3, 0.4) is 0 Å². The highest BCUT2D eigenvalue weighted by Crippen LogP contribution is 2.23. The predicted octanol–water partition coefficient (Wildman–Crippen LogP) is 1.83. The fourth-order valence-electron chi connectivity index (χ4n) is 1.26. The van der Waals surface area contributed by atoms with Crippen molar-refractivity contribution in [2.45, 2.75) is 11.1 Å². The van der Waals surface area contributed by atoms with Crippen molar-refractivity contribution in [1.82, 2.24) is 4.98 Å². The molecule has 2 aromatic rings. The molecule has 0 aliphatic carbocycles. The van der Waals surface area contributed by atoms with E-state index < -0.39 is 10.0 Å². The van der Waals surface area contributed by atoms with E-state index in [0.717, 1.165) is 17.0 Å². The zero-order valence-corrected chi connectivity index (χ0v) is 10.7. The number of hydrogen-bond donors (Lipinski definition) is 2. The first-order valence-electron chi connectivity index (χ1n) is 4.78. The molecule has 17 heavy (non-hydrogen) atoms. The van der Waals surface area contributed by atoms with Gasteiger partial charge in [-0.3, -0.25) is 4.72 Å². The third-order valence-corrected chi connectivity index (χ3v) is 4.80. The zero-order valence-electron chi connectivity index (χ0n) is 9.04. The van der Waals surface area contributed by atoms with Crippen molar-refractivity contribution >= 4 is 32.9 Å². The highest BCUT2D eigenvalue weighted by atomic mass is 32.2. The van der Waals surface area contributed by atoms with Crippen molar-refractivity contribution in [3.05, 3.63) is 35.3 Å². The minimum absolute atomic E-state index is 0.179. The Bertz CT molecular complexity index is 635. The monoisotopic (exact) mass is 269 g/mol. The maximum atomic E-state index is 11.9. The summed E-state index contributed by atoms with van der Waals surface area (Å²) in [5.74, 6) is 0.303. The fourth-order valence-corrected chi connectivity index (χ4v) is 3.34. The molecule has 0 aliphatic rings. The van der Waals surface area contributed by atoms with Crippen molar-refractivity contribution in [2.75, 3.05) is 10.5 Å². The molecular formula is C10H11N3O2S2. The topological polar surface area (TPSA) is 85.1 Å². The summed E-state index contributed by atoms with van der Waals surface area (Å²) in [5, 5.41) is 1.58. The van der Waals surface area contributed by atoms with Crippen molar-refractivity contribution in [3.63, 3.8) is 0 Å². The third kappa shape index (κ3) is 2.75. The minimum Gasteiger partial charge on any atom is -0.398 e. The fraction of sp³-hybridized carbons (Fsp3) is 0.100. The van der Waals surface area contributed by atoms with Crippen LogP contribution in [0, 0.1) is 6.92 Å². The van der Waals surface area contributed by atoms with E-state index >= 15 is 0 Å². The van der Waals surface area contributed by atoms with Crippen molar-refractivity contribution in [3.8, 4) is 0 Å². The van der Waals surface area contributed by atoms with E-state index in [9.17, 15) is 8.42 Å². The Balaban J connectivity index is 2.29. The maximum absolute atomic E-state index is 11.9. The number of rotatable bonds is 3. The number of aryl methyl sites for hydroxylation is 1. The Morgan fingerprint density at radius 3 is 2.76 bits per heavy atom. The van der Waals surface area contributed by atoms with Crippen LogP contribution in [0.4, 0.5) is 11.5 Å². The largest absolute Gasteiger partial charge is 0.398 e. The molecule has 3 N–H and O–H groups in total. The smallest absolute Gasteiger partial charge is 0.272 e. The summed E-state index contributed by atoms with van der Waals surface area (Å²) >= 11 is 1.08. The van der Waals surface area contributed by atoms with Gasteiger partial charge in [0.05, 0.1) is 0 Å². The van der Waals surface area contributed by atoms with E-state index in [2.05, 4.69) is 9.71 Å². The quantitative estimate of drug-likeness (QED) is 0.890. The lowest BCUT2D eigenvalue weighted by atomic mass is 10.4. The minimum atomic E-state index is -3.58. The summed E-state index contributed by atoms with van der Waals surface area (Å²) in [6.45, 7) is 1.79. The number of nitrogen functional groups attached to an aromatic ring is 1. The summed E-state index contributed by atoms with van der Waals surface area (Å²) in [6.07, 6.45) is 0. The van der Waals surface area contributed by atoms with Crippen LogP contribution in [0.25, 0.3) is 0 Å². The Morgan fingerprint density at radius 1 is 1.41 bits per heavy atom. The van der Waals surface area contributed by atoms with Gasteiger partial charge >= 0.3 is 0 Å². The molecule has 2 aromatic heterocycles. The van der Waals surface area contributed by atoms with Gasteiger partial charge in [0.1, 0.15) is 10.0 Å². The van der Waals surface area contributed by atoms with E-state index in [1.165, 1.54) is 6.07 Å². The average molecular weight is 269 g/mol. The Kier molecular flexibility index (Phi) is 3.03. The second kappa shape index (κ2) is 4.34. The van der Waals surface area contributed by atoms with Crippen LogP contribution < -0.4 is 10.5 Å². The van der Waals surface area contributed by atoms with Gasteiger partial charge in [-0.05, 0) is 25.1 Å². The number of sulfonamides is 1. The van der Waals surface area contributed by atoms with Gasteiger partial charge in [-0.1, -0.05) is 6.07 Å². The standard InChI is InChI=1S/C10H11N3O2S2/c1-7-3-2-4-9(12-7)13-17(14,15)10-5-8(11)6-16-10/h2-6H,11H2,1H3,(H,12,13). The van der Waals surface area contributed by atoms with E-state index in [-0.39, 0.29) is 4.21 Å². The number of pyridine rings is 1. The SMILES string of the molecule is Cc1cccc(NS(=O)(=O)c2cc(N)cs2)n1. The number of hydrogen-bond acceptors (Lipinski definition) is 5. The lowest BCUT2D eigenvalue weighted by Gasteiger charge is -2.05. The molecule has 0 aromatic carbocycles. The van der Waals surface area contributed by atoms with Gasteiger partial charge in [-0.2, -0.15) is 0 Å². The summed E-state index contributed by atoms with van der Waals surface area (Å²) in [5.41, 5.74) is 6.68. The lowest BCUT2D eigenvalue weighted by molar-refractivity contribution is 0.603. The first kappa shape index (κ1) is 11.9. The van der Waals surface area contributed by atoms with Gasteiger partial charge in [0.2, 0.25) is 0 Å². The van der Waals surface area contributed by atoms with Gasteiger partial charge in [-0.15, -0.1) is 11.3 Å². The van der Waals surface area contributed by atoms with Crippen LogP contribution in [0.5, 0.6) is 0 Å². The van der Waals surface area contributed by atoms with E-state index in [1.54, 1.807) is 30.5 Å². The van der Waals surface area contributed by atoms with Crippen molar-refractivity contribution in [1.29, 1.82) is 0 Å². The third-order valence-electron chi connectivity index (χ3n) is 1.99. The molecule has 0 saturated heterocycles. The highest BCUT2D eigenvalue weighted by Gasteiger charge is 2.16. The molecule has 5 nitrogen and oxygen atoms in total. The second-order valence-corrected chi connectivity index (χ2v) is 6.29. The molecule has 0 atom stereocenters. The summed E-state index contributed by atoms with van der Waals surface area (Å²) in [7, 11) is -3.58.